The maximum atomic E-state index is 12.8. The Labute approximate surface area is 142 Å². The number of rotatable bonds is 6. The van der Waals surface area contributed by atoms with Gasteiger partial charge in [0.1, 0.15) is 0 Å². The van der Waals surface area contributed by atoms with Gasteiger partial charge in [-0.05, 0) is 51.7 Å². The summed E-state index contributed by atoms with van der Waals surface area (Å²) in [6.07, 6.45) is 2.50. The lowest BCUT2D eigenvalue weighted by atomic mass is 9.76. The van der Waals surface area contributed by atoms with E-state index in [1.54, 1.807) is 24.1 Å². The Morgan fingerprint density at radius 3 is 2.58 bits per heavy atom. The summed E-state index contributed by atoms with van der Waals surface area (Å²) in [4.78, 5) is 30.7. The van der Waals surface area contributed by atoms with Gasteiger partial charge in [-0.3, -0.25) is 14.6 Å². The van der Waals surface area contributed by atoms with Crippen LogP contribution < -0.4 is 0 Å². The molecule has 6 heteroatoms. The second-order valence-corrected chi connectivity index (χ2v) is 6.65. The molecule has 2 rings (SSSR count). The minimum Gasteiger partial charge on any atom is -0.481 e. The Kier molecular flexibility index (Phi) is 5.94. The lowest BCUT2D eigenvalue weighted by Crippen LogP contribution is -2.50. The molecule has 24 heavy (non-hydrogen) atoms. The number of hydrogen-bond acceptors (Lipinski definition) is 4. The SMILES string of the molecule is COCCC[C@@]1(C(=O)O)CCCN(C(=O)c2cc(C)nc(C)c2)C1. The maximum Gasteiger partial charge on any atom is 0.311 e. The van der Waals surface area contributed by atoms with Crippen molar-refractivity contribution in [2.24, 2.45) is 5.41 Å². The summed E-state index contributed by atoms with van der Waals surface area (Å²) < 4.78 is 5.05. The highest BCUT2D eigenvalue weighted by molar-refractivity contribution is 5.95. The van der Waals surface area contributed by atoms with E-state index in [2.05, 4.69) is 4.98 Å². The summed E-state index contributed by atoms with van der Waals surface area (Å²) in [6.45, 7) is 5.09. The predicted molar refractivity (Wildman–Crippen MR) is 90.0 cm³/mol. The fourth-order valence-corrected chi connectivity index (χ4v) is 3.49. The molecule has 1 aromatic heterocycles. The second kappa shape index (κ2) is 7.75. The molecule has 2 heterocycles. The third-order valence-corrected chi connectivity index (χ3v) is 4.65. The Morgan fingerprint density at radius 1 is 1.33 bits per heavy atom. The van der Waals surface area contributed by atoms with Crippen LogP contribution in [0.4, 0.5) is 0 Å². The molecule has 1 fully saturated rings. The van der Waals surface area contributed by atoms with Crippen molar-refractivity contribution >= 4 is 11.9 Å². The molecule has 6 nitrogen and oxygen atoms in total. The zero-order chi connectivity index (χ0) is 17.7. The minimum atomic E-state index is -0.871. The van der Waals surface area contributed by atoms with Gasteiger partial charge in [0, 0.05) is 43.8 Å². The van der Waals surface area contributed by atoms with Crippen LogP contribution in [0.3, 0.4) is 0 Å². The number of hydrogen-bond donors (Lipinski definition) is 1. The Hall–Kier alpha value is -1.95. The summed E-state index contributed by atoms with van der Waals surface area (Å²) in [5.74, 6) is -0.932. The van der Waals surface area contributed by atoms with Gasteiger partial charge in [-0.25, -0.2) is 0 Å². The number of amides is 1. The first-order valence-corrected chi connectivity index (χ1v) is 8.35. The van der Waals surface area contributed by atoms with Crippen molar-refractivity contribution in [2.75, 3.05) is 26.8 Å². The highest BCUT2D eigenvalue weighted by Crippen LogP contribution is 2.35. The molecule has 0 bridgehead atoms. The number of aliphatic carboxylic acids is 1. The number of pyridine rings is 1. The van der Waals surface area contributed by atoms with E-state index < -0.39 is 11.4 Å². The Morgan fingerprint density at radius 2 is 2.00 bits per heavy atom. The molecule has 0 aliphatic carbocycles. The number of nitrogens with zero attached hydrogens (tertiary/aromatic N) is 2. The predicted octanol–water partition coefficient (Wildman–Crippen LogP) is 2.43. The van der Waals surface area contributed by atoms with Crippen molar-refractivity contribution in [3.05, 3.63) is 29.1 Å². The van der Waals surface area contributed by atoms with Gasteiger partial charge in [0.05, 0.1) is 5.41 Å². The molecule has 1 amide bonds. The van der Waals surface area contributed by atoms with Crippen LogP contribution in [0.25, 0.3) is 0 Å². The summed E-state index contributed by atoms with van der Waals surface area (Å²) in [7, 11) is 1.61. The number of carbonyl (C=O) groups excluding carboxylic acids is 1. The highest BCUT2D eigenvalue weighted by atomic mass is 16.5. The first kappa shape index (κ1) is 18.4. The van der Waals surface area contributed by atoms with E-state index >= 15 is 0 Å². The number of piperidine rings is 1. The van der Waals surface area contributed by atoms with Crippen LogP contribution in [-0.2, 0) is 9.53 Å². The first-order chi connectivity index (χ1) is 11.4. The average Bonchev–Trinajstić information content (AvgIpc) is 2.53. The monoisotopic (exact) mass is 334 g/mol. The number of carboxylic acid groups (broad SMARTS) is 1. The molecule has 1 saturated heterocycles. The molecule has 1 N–H and O–H groups in total. The van der Waals surface area contributed by atoms with Crippen LogP contribution in [0.2, 0.25) is 0 Å². The number of methoxy groups -OCH3 is 1. The molecule has 1 aliphatic heterocycles. The highest BCUT2D eigenvalue weighted by Gasteiger charge is 2.43. The van der Waals surface area contributed by atoms with Crippen molar-refractivity contribution in [1.82, 2.24) is 9.88 Å². The van der Waals surface area contributed by atoms with Crippen LogP contribution in [-0.4, -0.2) is 53.7 Å². The van der Waals surface area contributed by atoms with Gasteiger partial charge < -0.3 is 14.7 Å². The number of carbonyl (C=O) groups is 2. The molecule has 0 aromatic carbocycles. The van der Waals surface area contributed by atoms with Crippen LogP contribution >= 0.6 is 0 Å². The molecule has 1 aliphatic rings. The summed E-state index contributed by atoms with van der Waals surface area (Å²) in [5.41, 5.74) is 1.29. The average molecular weight is 334 g/mol. The van der Waals surface area contributed by atoms with Crippen molar-refractivity contribution in [3.63, 3.8) is 0 Å². The van der Waals surface area contributed by atoms with Crippen LogP contribution in [0, 0.1) is 19.3 Å². The van der Waals surface area contributed by atoms with Crippen LogP contribution in [0.15, 0.2) is 12.1 Å². The second-order valence-electron chi connectivity index (χ2n) is 6.65. The summed E-state index contributed by atoms with van der Waals surface area (Å²) >= 11 is 0. The number of ether oxygens (including phenoxy) is 1. The number of carboxylic acids is 1. The molecule has 132 valence electrons. The molecular weight excluding hydrogens is 308 g/mol. The van der Waals surface area contributed by atoms with E-state index in [-0.39, 0.29) is 12.5 Å². The first-order valence-electron chi connectivity index (χ1n) is 8.35. The number of aromatic nitrogens is 1. The lowest BCUT2D eigenvalue weighted by Gasteiger charge is -2.40. The van der Waals surface area contributed by atoms with Crippen LogP contribution in [0.1, 0.15) is 47.4 Å². The third kappa shape index (κ3) is 4.12. The molecule has 1 atom stereocenters. The molecule has 0 radical (unpaired) electrons. The van der Waals surface area contributed by atoms with Crippen LogP contribution in [0.5, 0.6) is 0 Å². The molecule has 0 spiro atoms. The van der Waals surface area contributed by atoms with E-state index in [4.69, 9.17) is 4.74 Å². The van der Waals surface area contributed by atoms with E-state index in [0.29, 0.717) is 44.4 Å². The standard InChI is InChI=1S/C18H26N2O4/c1-13-10-15(11-14(2)19-13)16(21)20-8-4-6-18(12-20,17(22)23)7-5-9-24-3/h10-11H,4-9,12H2,1-3H3,(H,22,23)/t18-/m0/s1. The van der Waals surface area contributed by atoms with Gasteiger partial charge >= 0.3 is 5.97 Å². The molecule has 0 saturated carbocycles. The zero-order valence-electron chi connectivity index (χ0n) is 14.7. The molecule has 0 unspecified atom stereocenters. The molecule has 1 aromatic rings. The smallest absolute Gasteiger partial charge is 0.311 e. The van der Waals surface area contributed by atoms with Gasteiger partial charge in [-0.15, -0.1) is 0 Å². The largest absolute Gasteiger partial charge is 0.481 e. The van der Waals surface area contributed by atoms with Crippen molar-refractivity contribution in [3.8, 4) is 0 Å². The van der Waals surface area contributed by atoms with E-state index in [1.807, 2.05) is 13.8 Å². The van der Waals surface area contributed by atoms with Crippen molar-refractivity contribution in [1.29, 1.82) is 0 Å². The Balaban J connectivity index is 2.18. The van der Waals surface area contributed by atoms with Gasteiger partial charge in [-0.2, -0.15) is 0 Å². The van der Waals surface area contributed by atoms with E-state index in [0.717, 1.165) is 11.4 Å². The Bertz CT molecular complexity index is 597. The number of aryl methyl sites for hydroxylation is 2. The topological polar surface area (TPSA) is 79.7 Å². The van der Waals surface area contributed by atoms with Gasteiger partial charge in [0.25, 0.3) is 5.91 Å². The fourth-order valence-electron chi connectivity index (χ4n) is 3.49. The van der Waals surface area contributed by atoms with Crippen molar-refractivity contribution < 1.29 is 19.4 Å². The quantitative estimate of drug-likeness (QED) is 0.808. The molecular formula is C18H26N2O4. The van der Waals surface area contributed by atoms with Gasteiger partial charge in [0.15, 0.2) is 0 Å². The fraction of sp³-hybridized carbons (Fsp3) is 0.611. The van der Waals surface area contributed by atoms with Gasteiger partial charge in [-0.1, -0.05) is 0 Å². The normalized spacial score (nSPS) is 20.9. The van der Waals surface area contributed by atoms with Crippen molar-refractivity contribution in [2.45, 2.75) is 39.5 Å². The minimum absolute atomic E-state index is 0.110. The van der Waals surface area contributed by atoms with E-state index in [9.17, 15) is 14.7 Å². The summed E-state index contributed by atoms with van der Waals surface area (Å²) in [6, 6.07) is 3.52. The lowest BCUT2D eigenvalue weighted by molar-refractivity contribution is -0.152. The third-order valence-electron chi connectivity index (χ3n) is 4.65. The zero-order valence-corrected chi connectivity index (χ0v) is 14.7. The summed E-state index contributed by atoms with van der Waals surface area (Å²) in [5, 5.41) is 9.76. The van der Waals surface area contributed by atoms with E-state index in [1.165, 1.54) is 0 Å². The number of likely N-dealkylation sites (tertiary alicyclic amines) is 1. The maximum absolute atomic E-state index is 12.8. The van der Waals surface area contributed by atoms with Gasteiger partial charge in [0.2, 0.25) is 0 Å².